The van der Waals surface area contributed by atoms with Gasteiger partial charge in [0.05, 0.1) is 0 Å². The predicted molar refractivity (Wildman–Crippen MR) is 87.6 cm³/mol. The molecule has 1 aliphatic rings. The molecule has 4 rings (SSSR count). The van der Waals surface area contributed by atoms with Gasteiger partial charge in [-0.15, -0.1) is 15.3 Å². The molecule has 3 aromatic heterocycles. The Morgan fingerprint density at radius 2 is 2.00 bits per heavy atom. The summed E-state index contributed by atoms with van der Waals surface area (Å²) in [5.74, 6) is 1.56. The first-order valence-electron chi connectivity index (χ1n) is 7.39. The van der Waals surface area contributed by atoms with Gasteiger partial charge in [-0.05, 0) is 47.0 Å². The second-order valence-corrected chi connectivity index (χ2v) is 6.45. The monoisotopic (exact) mass is 358 g/mol. The van der Waals surface area contributed by atoms with Gasteiger partial charge in [-0.25, -0.2) is 0 Å². The Labute approximate surface area is 136 Å². The van der Waals surface area contributed by atoms with Gasteiger partial charge in [0.1, 0.15) is 5.82 Å². The first-order valence-corrected chi connectivity index (χ1v) is 8.19. The second-order valence-electron chi connectivity index (χ2n) is 5.53. The smallest absolute Gasteiger partial charge is 0.187 e. The van der Waals surface area contributed by atoms with Gasteiger partial charge in [0.15, 0.2) is 11.5 Å². The second kappa shape index (κ2) is 5.64. The highest BCUT2D eigenvalue weighted by molar-refractivity contribution is 9.10. The highest BCUT2D eigenvalue weighted by Crippen LogP contribution is 2.23. The third kappa shape index (κ3) is 2.56. The number of fused-ring (bicyclic) bond motifs is 1. The molecular weight excluding hydrogens is 344 g/mol. The zero-order chi connectivity index (χ0) is 14.9. The van der Waals surface area contributed by atoms with Crippen LogP contribution in [0.3, 0.4) is 0 Å². The van der Waals surface area contributed by atoms with Crippen molar-refractivity contribution in [3.05, 3.63) is 35.1 Å². The molecular formula is C15H15BrN6. The van der Waals surface area contributed by atoms with E-state index in [9.17, 15) is 0 Å². The number of hydrogen-bond acceptors (Lipinski definition) is 5. The van der Waals surface area contributed by atoms with Crippen molar-refractivity contribution in [1.29, 1.82) is 0 Å². The van der Waals surface area contributed by atoms with Crippen LogP contribution in [0.5, 0.6) is 0 Å². The van der Waals surface area contributed by atoms with E-state index in [0.717, 1.165) is 21.5 Å². The Bertz CT molecular complexity index is 809. The zero-order valence-corrected chi connectivity index (χ0v) is 13.5. The van der Waals surface area contributed by atoms with E-state index in [2.05, 4.69) is 41.5 Å². The maximum atomic E-state index is 4.64. The molecule has 0 saturated heterocycles. The highest BCUT2D eigenvalue weighted by Gasteiger charge is 2.16. The molecule has 1 N–H and O–H groups in total. The lowest BCUT2D eigenvalue weighted by Crippen LogP contribution is -2.16. The van der Waals surface area contributed by atoms with Crippen molar-refractivity contribution >= 4 is 27.4 Å². The highest BCUT2D eigenvalue weighted by atomic mass is 79.9. The Morgan fingerprint density at radius 1 is 1.14 bits per heavy atom. The van der Waals surface area contributed by atoms with Gasteiger partial charge in [0, 0.05) is 28.5 Å². The molecule has 0 unspecified atom stereocenters. The van der Waals surface area contributed by atoms with Crippen LogP contribution in [0, 0.1) is 0 Å². The molecule has 1 fully saturated rings. The van der Waals surface area contributed by atoms with Crippen LogP contribution < -0.4 is 5.32 Å². The number of nitrogens with zero attached hydrogens (tertiary/aromatic N) is 5. The number of nitrogens with one attached hydrogen (secondary N) is 1. The van der Waals surface area contributed by atoms with Gasteiger partial charge in [-0.1, -0.05) is 12.8 Å². The van der Waals surface area contributed by atoms with Crippen molar-refractivity contribution in [3.8, 4) is 11.4 Å². The van der Waals surface area contributed by atoms with Crippen LogP contribution in [-0.4, -0.2) is 30.8 Å². The standard InChI is InChI=1S/C15H15BrN6/c16-11-7-10(8-17-9-11)15-20-19-14-6-5-13(21-22(14)15)18-12-3-1-2-4-12/h5-9,12H,1-4H2,(H,18,21). The molecule has 1 aliphatic carbocycles. The van der Waals surface area contributed by atoms with Crippen molar-refractivity contribution < 1.29 is 0 Å². The van der Waals surface area contributed by atoms with Crippen LogP contribution >= 0.6 is 15.9 Å². The van der Waals surface area contributed by atoms with Gasteiger partial charge in [-0.2, -0.15) is 4.52 Å². The van der Waals surface area contributed by atoms with Crippen molar-refractivity contribution in [2.24, 2.45) is 0 Å². The summed E-state index contributed by atoms with van der Waals surface area (Å²) in [6, 6.07) is 6.39. The van der Waals surface area contributed by atoms with E-state index in [-0.39, 0.29) is 0 Å². The molecule has 7 heteroatoms. The Kier molecular flexibility index (Phi) is 3.49. The molecule has 22 heavy (non-hydrogen) atoms. The van der Waals surface area contributed by atoms with Crippen molar-refractivity contribution in [3.63, 3.8) is 0 Å². The quantitative estimate of drug-likeness (QED) is 0.777. The minimum atomic E-state index is 0.525. The lowest BCUT2D eigenvalue weighted by Gasteiger charge is -2.12. The van der Waals surface area contributed by atoms with E-state index < -0.39 is 0 Å². The zero-order valence-electron chi connectivity index (χ0n) is 11.9. The maximum absolute atomic E-state index is 4.64. The third-order valence-corrected chi connectivity index (χ3v) is 4.37. The normalized spacial score (nSPS) is 15.5. The summed E-state index contributed by atoms with van der Waals surface area (Å²) in [6.07, 6.45) is 8.52. The average Bonchev–Trinajstić information content (AvgIpc) is 3.16. The Hall–Kier alpha value is -2.02. The van der Waals surface area contributed by atoms with Crippen LogP contribution in [0.25, 0.3) is 17.0 Å². The van der Waals surface area contributed by atoms with Gasteiger partial charge in [-0.3, -0.25) is 4.98 Å². The molecule has 0 spiro atoms. The number of aromatic nitrogens is 5. The molecule has 0 amide bonds. The summed E-state index contributed by atoms with van der Waals surface area (Å²) in [5.41, 5.74) is 1.61. The van der Waals surface area contributed by atoms with Gasteiger partial charge >= 0.3 is 0 Å². The summed E-state index contributed by atoms with van der Waals surface area (Å²) in [6.45, 7) is 0. The lowest BCUT2D eigenvalue weighted by molar-refractivity contribution is 0.743. The molecule has 3 heterocycles. The minimum absolute atomic E-state index is 0.525. The Morgan fingerprint density at radius 3 is 2.82 bits per heavy atom. The molecule has 112 valence electrons. The van der Waals surface area contributed by atoms with E-state index in [1.165, 1.54) is 25.7 Å². The number of pyridine rings is 1. The molecule has 3 aromatic rings. The summed E-state index contributed by atoms with van der Waals surface area (Å²) >= 11 is 3.43. The topological polar surface area (TPSA) is 68.0 Å². The van der Waals surface area contributed by atoms with Crippen LogP contribution in [-0.2, 0) is 0 Å². The van der Waals surface area contributed by atoms with E-state index in [1.54, 1.807) is 16.9 Å². The summed E-state index contributed by atoms with van der Waals surface area (Å²) in [4.78, 5) is 4.18. The van der Waals surface area contributed by atoms with E-state index >= 15 is 0 Å². The predicted octanol–water partition coefficient (Wildman–Crippen LogP) is 3.30. The molecule has 0 aliphatic heterocycles. The summed E-state index contributed by atoms with van der Waals surface area (Å²) in [5, 5.41) is 16.6. The van der Waals surface area contributed by atoms with Crippen LogP contribution in [0.1, 0.15) is 25.7 Å². The fraction of sp³-hybridized carbons (Fsp3) is 0.333. The van der Waals surface area contributed by atoms with Crippen LogP contribution in [0.4, 0.5) is 5.82 Å². The van der Waals surface area contributed by atoms with Crippen LogP contribution in [0.2, 0.25) is 0 Å². The summed E-state index contributed by atoms with van der Waals surface area (Å²) < 4.78 is 2.67. The number of hydrogen-bond donors (Lipinski definition) is 1. The molecule has 0 bridgehead atoms. The third-order valence-electron chi connectivity index (χ3n) is 3.93. The number of anilines is 1. The minimum Gasteiger partial charge on any atom is -0.366 e. The number of rotatable bonds is 3. The first-order chi connectivity index (χ1) is 10.8. The van der Waals surface area contributed by atoms with Gasteiger partial charge < -0.3 is 5.32 Å². The van der Waals surface area contributed by atoms with Gasteiger partial charge in [0.2, 0.25) is 0 Å². The lowest BCUT2D eigenvalue weighted by atomic mass is 10.2. The Balaban J connectivity index is 1.73. The SMILES string of the molecule is Brc1cncc(-c2nnc3ccc(NC4CCCC4)nn23)c1. The van der Waals surface area contributed by atoms with Crippen molar-refractivity contribution in [1.82, 2.24) is 24.8 Å². The largest absolute Gasteiger partial charge is 0.366 e. The molecule has 6 nitrogen and oxygen atoms in total. The maximum Gasteiger partial charge on any atom is 0.187 e. The molecule has 0 aromatic carbocycles. The van der Waals surface area contributed by atoms with Gasteiger partial charge in [0.25, 0.3) is 0 Å². The average molecular weight is 359 g/mol. The summed E-state index contributed by atoms with van der Waals surface area (Å²) in [7, 11) is 0. The fourth-order valence-corrected chi connectivity index (χ4v) is 3.22. The molecule has 0 atom stereocenters. The van der Waals surface area contributed by atoms with Crippen LogP contribution in [0.15, 0.2) is 35.1 Å². The number of halogens is 1. The van der Waals surface area contributed by atoms with E-state index in [1.807, 2.05) is 18.2 Å². The molecule has 1 saturated carbocycles. The van der Waals surface area contributed by atoms with Crippen molar-refractivity contribution in [2.75, 3.05) is 5.32 Å². The van der Waals surface area contributed by atoms with E-state index in [0.29, 0.717) is 11.9 Å². The molecule has 0 radical (unpaired) electrons. The van der Waals surface area contributed by atoms with Crippen molar-refractivity contribution in [2.45, 2.75) is 31.7 Å². The first kappa shape index (κ1) is 13.6. The van der Waals surface area contributed by atoms with E-state index in [4.69, 9.17) is 0 Å². The fourth-order valence-electron chi connectivity index (χ4n) is 2.86.